The third-order valence-electron chi connectivity index (χ3n) is 3.65. The van der Waals surface area contributed by atoms with Crippen LogP contribution in [-0.2, 0) is 23.8 Å². The highest BCUT2D eigenvalue weighted by Gasteiger charge is 2.56. The molecule has 3 saturated heterocycles. The van der Waals surface area contributed by atoms with Crippen LogP contribution < -0.4 is 0 Å². The van der Waals surface area contributed by atoms with Gasteiger partial charge in [-0.2, -0.15) is 0 Å². The summed E-state index contributed by atoms with van der Waals surface area (Å²) in [6.07, 6.45) is 2.71. The molecule has 0 aliphatic carbocycles. The zero-order valence-corrected chi connectivity index (χ0v) is 10.7. The van der Waals surface area contributed by atoms with E-state index in [9.17, 15) is 9.59 Å². The number of rotatable bonds is 1. The summed E-state index contributed by atoms with van der Waals surface area (Å²) < 4.78 is 14.9. The summed E-state index contributed by atoms with van der Waals surface area (Å²) in [6.45, 7) is 5.56. The molecule has 0 aromatic heterocycles. The lowest BCUT2D eigenvalue weighted by atomic mass is 9.81. The molecule has 18 heavy (non-hydrogen) atoms. The summed E-state index contributed by atoms with van der Waals surface area (Å²) in [6, 6.07) is 0. The fraction of sp³-hybridized carbons (Fsp3) is 0.692. The fourth-order valence-electron chi connectivity index (χ4n) is 2.76. The summed E-state index contributed by atoms with van der Waals surface area (Å²) in [4.78, 5) is 21.3. The minimum absolute atomic E-state index is 0.0257. The second-order valence-electron chi connectivity index (χ2n) is 4.88. The molecule has 2 bridgehead atoms. The van der Waals surface area contributed by atoms with Crippen LogP contribution in [0.4, 0.5) is 0 Å². The topological polar surface area (TPSA) is 61.8 Å². The average Bonchev–Trinajstić information content (AvgIpc) is 3.02. The Morgan fingerprint density at radius 2 is 2.06 bits per heavy atom. The molecule has 5 heteroatoms. The van der Waals surface area contributed by atoms with Crippen LogP contribution in [0.5, 0.6) is 0 Å². The second kappa shape index (κ2) is 5.10. The van der Waals surface area contributed by atoms with Gasteiger partial charge in [-0.05, 0) is 19.8 Å². The van der Waals surface area contributed by atoms with Crippen LogP contribution in [0, 0.1) is 11.8 Å². The zero-order chi connectivity index (χ0) is 13.3. The highest BCUT2D eigenvalue weighted by atomic mass is 16.6. The van der Waals surface area contributed by atoms with E-state index in [1.807, 2.05) is 0 Å². The Kier molecular flexibility index (Phi) is 3.71. The van der Waals surface area contributed by atoms with E-state index >= 15 is 0 Å². The van der Waals surface area contributed by atoms with Crippen molar-refractivity contribution < 1.29 is 23.8 Å². The number of methoxy groups -OCH3 is 1. The van der Waals surface area contributed by atoms with Crippen molar-refractivity contribution in [2.24, 2.45) is 11.8 Å². The normalized spacial score (nSPS) is 35.3. The van der Waals surface area contributed by atoms with Gasteiger partial charge in [0.1, 0.15) is 0 Å². The summed E-state index contributed by atoms with van der Waals surface area (Å²) in [5, 5.41) is 0. The molecule has 3 aliphatic rings. The third kappa shape index (κ3) is 2.27. The molecule has 3 fully saturated rings. The number of carbonyl (C=O) groups is 2. The number of ether oxygens (including phenoxy) is 3. The lowest BCUT2D eigenvalue weighted by Crippen LogP contribution is -2.27. The first-order valence-corrected chi connectivity index (χ1v) is 6.10. The molecule has 4 unspecified atom stereocenters. The van der Waals surface area contributed by atoms with Gasteiger partial charge in [0, 0.05) is 11.5 Å². The van der Waals surface area contributed by atoms with Crippen LogP contribution in [0.15, 0.2) is 12.2 Å². The zero-order valence-electron chi connectivity index (χ0n) is 10.7. The van der Waals surface area contributed by atoms with Crippen molar-refractivity contribution in [1.29, 1.82) is 0 Å². The molecule has 3 heterocycles. The quantitative estimate of drug-likeness (QED) is 0.517. The summed E-state index contributed by atoms with van der Waals surface area (Å²) >= 11 is 0. The maximum Gasteiger partial charge on any atom is 0.332 e. The van der Waals surface area contributed by atoms with Crippen molar-refractivity contribution in [3.63, 3.8) is 0 Å². The van der Waals surface area contributed by atoms with E-state index in [0.29, 0.717) is 24.2 Å². The van der Waals surface area contributed by atoms with Gasteiger partial charge in [0.05, 0.1) is 31.8 Å². The first kappa shape index (κ1) is 13.1. The van der Waals surface area contributed by atoms with E-state index in [-0.39, 0.29) is 24.0 Å². The summed E-state index contributed by atoms with van der Waals surface area (Å²) in [5.41, 5.74) is 0.433. The molecule has 3 rings (SSSR count). The number of esters is 2. The number of hydrogen-bond donors (Lipinski definition) is 0. The lowest BCUT2D eigenvalue weighted by Gasteiger charge is -2.14. The van der Waals surface area contributed by atoms with Crippen molar-refractivity contribution in [2.75, 3.05) is 13.7 Å². The Hall–Kier alpha value is -1.36. The van der Waals surface area contributed by atoms with Gasteiger partial charge < -0.3 is 14.2 Å². The molecular formula is C13H18O5. The molecule has 0 aromatic carbocycles. The van der Waals surface area contributed by atoms with Gasteiger partial charge in [-0.1, -0.05) is 6.58 Å². The molecule has 0 saturated carbocycles. The molecular weight excluding hydrogens is 236 g/mol. The molecule has 0 radical (unpaired) electrons. The summed E-state index contributed by atoms with van der Waals surface area (Å²) in [7, 11) is 1.33. The van der Waals surface area contributed by atoms with Crippen LogP contribution in [-0.4, -0.2) is 37.9 Å². The molecule has 4 atom stereocenters. The number of fused-ring (bicyclic) bond motifs is 5. The van der Waals surface area contributed by atoms with Crippen LogP contribution in [0.25, 0.3) is 0 Å². The van der Waals surface area contributed by atoms with E-state index in [4.69, 9.17) is 9.47 Å². The Balaban J connectivity index is 0.000000152. The van der Waals surface area contributed by atoms with E-state index in [2.05, 4.69) is 11.3 Å². The van der Waals surface area contributed by atoms with E-state index in [1.165, 1.54) is 7.11 Å². The minimum atomic E-state index is -0.347. The molecule has 5 nitrogen and oxygen atoms in total. The minimum Gasteiger partial charge on any atom is -0.466 e. The monoisotopic (exact) mass is 254 g/mol. The van der Waals surface area contributed by atoms with Gasteiger partial charge in [-0.3, -0.25) is 4.79 Å². The predicted molar refractivity (Wildman–Crippen MR) is 62.7 cm³/mol. The highest BCUT2D eigenvalue weighted by molar-refractivity contribution is 5.86. The molecule has 3 aliphatic heterocycles. The Labute approximate surface area is 106 Å². The average molecular weight is 254 g/mol. The first-order chi connectivity index (χ1) is 8.54. The number of hydrogen-bond acceptors (Lipinski definition) is 5. The van der Waals surface area contributed by atoms with Crippen LogP contribution in [0.1, 0.15) is 19.8 Å². The number of carbonyl (C=O) groups excluding carboxylic acids is 2. The molecule has 100 valence electrons. The first-order valence-electron chi connectivity index (χ1n) is 6.10. The van der Waals surface area contributed by atoms with Gasteiger partial charge in [-0.25, -0.2) is 4.79 Å². The fourth-order valence-corrected chi connectivity index (χ4v) is 2.76. The maximum atomic E-state index is 11.1. The molecule has 0 aromatic rings. The maximum absolute atomic E-state index is 11.1. The van der Waals surface area contributed by atoms with Gasteiger partial charge in [0.25, 0.3) is 0 Å². The van der Waals surface area contributed by atoms with Gasteiger partial charge >= 0.3 is 11.9 Å². The molecule has 0 amide bonds. The van der Waals surface area contributed by atoms with Gasteiger partial charge in [-0.15, -0.1) is 0 Å². The smallest absolute Gasteiger partial charge is 0.332 e. The van der Waals surface area contributed by atoms with E-state index in [0.717, 1.165) is 12.8 Å². The van der Waals surface area contributed by atoms with Gasteiger partial charge in [0.2, 0.25) is 0 Å². The molecule has 0 spiro atoms. The van der Waals surface area contributed by atoms with E-state index < -0.39 is 0 Å². The lowest BCUT2D eigenvalue weighted by molar-refractivity contribution is -0.143. The SMILES string of the molecule is C=C(C)C(=O)OC.O=C1OCC2C3CCC(O3)C12. The standard InChI is InChI=1S/C8H10O3.C5H8O2/c9-8-7-4(3-10-8)5-1-2-6(7)11-5;1-4(2)5(6)7-3/h4-7H,1-3H2;1H2,2-3H3. The summed E-state index contributed by atoms with van der Waals surface area (Å²) in [5.74, 6) is 0.109. The van der Waals surface area contributed by atoms with Crippen molar-refractivity contribution in [3.05, 3.63) is 12.2 Å². The van der Waals surface area contributed by atoms with Crippen molar-refractivity contribution in [3.8, 4) is 0 Å². The van der Waals surface area contributed by atoms with Crippen LogP contribution in [0.3, 0.4) is 0 Å². The van der Waals surface area contributed by atoms with Gasteiger partial charge in [0.15, 0.2) is 0 Å². The van der Waals surface area contributed by atoms with Crippen molar-refractivity contribution in [2.45, 2.75) is 32.0 Å². The Bertz CT molecular complexity index is 376. The predicted octanol–water partition coefficient (Wildman–Crippen LogP) is 1.07. The van der Waals surface area contributed by atoms with Crippen molar-refractivity contribution >= 4 is 11.9 Å². The second-order valence-corrected chi connectivity index (χ2v) is 4.88. The van der Waals surface area contributed by atoms with Crippen molar-refractivity contribution in [1.82, 2.24) is 0 Å². The molecule has 0 N–H and O–H groups in total. The van der Waals surface area contributed by atoms with E-state index in [1.54, 1.807) is 6.92 Å². The van der Waals surface area contributed by atoms with Crippen LogP contribution >= 0.6 is 0 Å². The Morgan fingerprint density at radius 3 is 2.56 bits per heavy atom. The third-order valence-corrected chi connectivity index (χ3v) is 3.65. The highest BCUT2D eigenvalue weighted by Crippen LogP contribution is 2.46. The Morgan fingerprint density at radius 1 is 1.39 bits per heavy atom. The van der Waals surface area contributed by atoms with Crippen LogP contribution in [0.2, 0.25) is 0 Å². The number of cyclic esters (lactones) is 1. The largest absolute Gasteiger partial charge is 0.466 e.